The number of hydrogen-bond acceptors (Lipinski definition) is 1. The number of hydrogen-bond donors (Lipinski definition) is 0. The van der Waals surface area contributed by atoms with Crippen molar-refractivity contribution >= 4 is 34.2 Å². The normalized spacial score (nSPS) is 11.8. The summed E-state index contributed by atoms with van der Waals surface area (Å²) in [6.45, 7) is 0. The van der Waals surface area contributed by atoms with Crippen molar-refractivity contribution in [3.8, 4) is 0 Å². The van der Waals surface area contributed by atoms with Gasteiger partial charge in [0, 0.05) is 6.20 Å². The third-order valence-corrected chi connectivity index (χ3v) is 2.03. The molecule has 0 saturated carbocycles. The molecule has 0 aromatic carbocycles. The van der Waals surface area contributed by atoms with Crippen molar-refractivity contribution in [2.75, 3.05) is 0 Å². The van der Waals surface area contributed by atoms with Gasteiger partial charge >= 0.3 is 6.18 Å². The summed E-state index contributed by atoms with van der Waals surface area (Å²) in [5.41, 5.74) is -0.899. The highest BCUT2D eigenvalue weighted by molar-refractivity contribution is 14.1. The van der Waals surface area contributed by atoms with Crippen LogP contribution in [0.3, 0.4) is 0 Å². The molecule has 1 nitrogen and oxygen atoms in total. The smallest absolute Gasteiger partial charge is 0.250 e. The third kappa shape index (κ3) is 2.22. The molecule has 0 N–H and O–H groups in total. The first kappa shape index (κ1) is 10.0. The molecule has 66 valence electrons. The Morgan fingerprint density at radius 1 is 1.42 bits per heavy atom. The number of halogens is 5. The molecule has 1 aromatic rings. The lowest BCUT2D eigenvalue weighted by molar-refractivity contribution is -0.137. The van der Waals surface area contributed by atoms with E-state index < -0.39 is 11.7 Å². The van der Waals surface area contributed by atoms with E-state index in [2.05, 4.69) is 4.98 Å². The van der Waals surface area contributed by atoms with Crippen molar-refractivity contribution in [2.45, 2.75) is 6.18 Å². The molecule has 0 amide bonds. The van der Waals surface area contributed by atoms with E-state index in [1.54, 1.807) is 22.6 Å². The quantitative estimate of drug-likeness (QED) is 0.529. The van der Waals surface area contributed by atoms with Gasteiger partial charge in [-0.3, -0.25) is 0 Å². The molecule has 0 saturated heterocycles. The summed E-state index contributed by atoms with van der Waals surface area (Å²) >= 11 is 7.14. The van der Waals surface area contributed by atoms with Gasteiger partial charge in [-0.1, -0.05) is 11.6 Å². The molecule has 0 bridgehead atoms. The van der Waals surface area contributed by atoms with Gasteiger partial charge in [0.25, 0.3) is 0 Å². The monoisotopic (exact) mass is 307 g/mol. The maximum atomic E-state index is 12.1. The Kier molecular flexibility index (Phi) is 2.82. The van der Waals surface area contributed by atoms with Crippen LogP contribution in [0.25, 0.3) is 0 Å². The minimum absolute atomic E-state index is 0.318. The van der Waals surface area contributed by atoms with Gasteiger partial charge in [-0.25, -0.2) is 4.98 Å². The fourth-order valence-corrected chi connectivity index (χ4v) is 1.51. The maximum absolute atomic E-state index is 12.1. The summed E-state index contributed by atoms with van der Waals surface area (Å²) in [6.07, 6.45) is -3.70. The van der Waals surface area contributed by atoms with E-state index in [-0.39, 0.29) is 5.02 Å². The van der Waals surface area contributed by atoms with E-state index in [4.69, 9.17) is 11.6 Å². The zero-order valence-electron chi connectivity index (χ0n) is 5.49. The lowest BCUT2D eigenvalue weighted by atomic mass is 10.3. The second-order valence-corrected chi connectivity index (χ2v) is 3.50. The number of nitrogens with zero attached hydrogens (tertiary/aromatic N) is 1. The molecule has 1 rings (SSSR count). The highest BCUT2D eigenvalue weighted by Gasteiger charge is 2.33. The van der Waals surface area contributed by atoms with E-state index in [0.29, 0.717) is 3.70 Å². The van der Waals surface area contributed by atoms with Crippen LogP contribution in [0.2, 0.25) is 5.02 Å². The number of pyridine rings is 1. The second kappa shape index (κ2) is 3.37. The summed E-state index contributed by atoms with van der Waals surface area (Å²) in [5, 5.41) is -0.318. The van der Waals surface area contributed by atoms with Crippen molar-refractivity contribution in [3.63, 3.8) is 0 Å². The van der Waals surface area contributed by atoms with Crippen LogP contribution >= 0.6 is 34.2 Å². The van der Waals surface area contributed by atoms with Gasteiger partial charge in [-0.2, -0.15) is 13.2 Å². The van der Waals surface area contributed by atoms with Crippen molar-refractivity contribution in [1.29, 1.82) is 0 Å². The van der Waals surface area contributed by atoms with Gasteiger partial charge in [0.05, 0.1) is 10.6 Å². The molecule has 0 radical (unpaired) electrons. The highest BCUT2D eigenvalue weighted by atomic mass is 127. The van der Waals surface area contributed by atoms with Crippen LogP contribution < -0.4 is 0 Å². The molecule has 0 aliphatic carbocycles. The van der Waals surface area contributed by atoms with E-state index in [0.717, 1.165) is 6.20 Å². The standard InChI is InChI=1S/C6H2ClF3IN/c7-4-1-5(11)12-2-3(4)6(8,9)10/h1-2H. The van der Waals surface area contributed by atoms with Crippen LogP contribution in [-0.2, 0) is 6.18 Å². The first-order valence-corrected chi connectivity index (χ1v) is 4.25. The van der Waals surface area contributed by atoms with Crippen LogP contribution in [0.1, 0.15) is 5.56 Å². The molecule has 0 fully saturated rings. The molecule has 1 heterocycles. The summed E-state index contributed by atoms with van der Waals surface area (Å²) in [6, 6.07) is 1.17. The van der Waals surface area contributed by atoms with Crippen molar-refractivity contribution < 1.29 is 13.2 Å². The molecular weight excluding hydrogens is 305 g/mol. The van der Waals surface area contributed by atoms with E-state index >= 15 is 0 Å². The van der Waals surface area contributed by atoms with Crippen molar-refractivity contribution in [2.24, 2.45) is 0 Å². The van der Waals surface area contributed by atoms with E-state index in [9.17, 15) is 13.2 Å². The molecule has 1 aromatic heterocycles. The predicted octanol–water partition coefficient (Wildman–Crippen LogP) is 3.36. The summed E-state index contributed by atoms with van der Waals surface area (Å²) in [5.74, 6) is 0. The molecule has 12 heavy (non-hydrogen) atoms. The highest BCUT2D eigenvalue weighted by Crippen LogP contribution is 2.34. The number of rotatable bonds is 0. The first-order valence-electron chi connectivity index (χ1n) is 2.79. The van der Waals surface area contributed by atoms with Gasteiger partial charge in [-0.15, -0.1) is 0 Å². The average molecular weight is 307 g/mol. The van der Waals surface area contributed by atoms with Crippen LogP contribution in [0.5, 0.6) is 0 Å². The Bertz CT molecular complexity index is 299. The Hall–Kier alpha value is -0.0400. The number of alkyl halides is 3. The van der Waals surface area contributed by atoms with Crippen LogP contribution in [-0.4, -0.2) is 4.98 Å². The second-order valence-electron chi connectivity index (χ2n) is 1.98. The Morgan fingerprint density at radius 3 is 2.42 bits per heavy atom. The summed E-state index contributed by atoms with van der Waals surface area (Å²) < 4.78 is 36.6. The molecule has 0 unspecified atom stereocenters. The fourth-order valence-electron chi connectivity index (χ4n) is 0.616. The van der Waals surface area contributed by atoms with Gasteiger partial charge < -0.3 is 0 Å². The SMILES string of the molecule is FC(F)(F)c1cnc(I)cc1Cl. The van der Waals surface area contributed by atoms with Gasteiger partial charge in [-0.05, 0) is 28.7 Å². The molecule has 0 aliphatic rings. The largest absolute Gasteiger partial charge is 0.419 e. The maximum Gasteiger partial charge on any atom is 0.419 e. The van der Waals surface area contributed by atoms with E-state index in [1.807, 2.05) is 0 Å². The van der Waals surface area contributed by atoms with Crippen LogP contribution in [0.4, 0.5) is 13.2 Å². The molecule has 0 atom stereocenters. The lowest BCUT2D eigenvalue weighted by Gasteiger charge is -2.07. The third-order valence-electron chi connectivity index (χ3n) is 1.13. The fraction of sp³-hybridized carbons (Fsp3) is 0.167. The van der Waals surface area contributed by atoms with Crippen LogP contribution in [0.15, 0.2) is 12.3 Å². The van der Waals surface area contributed by atoms with E-state index in [1.165, 1.54) is 6.07 Å². The van der Waals surface area contributed by atoms with Gasteiger partial charge in [0.15, 0.2) is 0 Å². The average Bonchev–Trinajstić information content (AvgIpc) is 1.83. The minimum Gasteiger partial charge on any atom is -0.250 e. The minimum atomic E-state index is -4.42. The molecular formula is C6H2ClF3IN. The van der Waals surface area contributed by atoms with Crippen LogP contribution in [0, 0.1) is 3.70 Å². The summed E-state index contributed by atoms with van der Waals surface area (Å²) in [4.78, 5) is 3.49. The van der Waals surface area contributed by atoms with Crippen molar-refractivity contribution in [1.82, 2.24) is 4.98 Å². The summed E-state index contributed by atoms with van der Waals surface area (Å²) in [7, 11) is 0. The topological polar surface area (TPSA) is 12.9 Å². The predicted molar refractivity (Wildman–Crippen MR) is 47.0 cm³/mol. The van der Waals surface area contributed by atoms with Crippen molar-refractivity contribution in [3.05, 3.63) is 26.5 Å². The molecule has 0 spiro atoms. The molecule has 6 heteroatoms. The Labute approximate surface area is 85.1 Å². The zero-order valence-corrected chi connectivity index (χ0v) is 8.41. The Balaban J connectivity index is 3.19. The zero-order chi connectivity index (χ0) is 9.35. The number of aromatic nitrogens is 1. The molecule has 0 aliphatic heterocycles. The Morgan fingerprint density at radius 2 is 2.00 bits per heavy atom. The first-order chi connectivity index (χ1) is 5.41. The van der Waals surface area contributed by atoms with Gasteiger partial charge in [0.2, 0.25) is 0 Å². The lowest BCUT2D eigenvalue weighted by Crippen LogP contribution is -2.06. The van der Waals surface area contributed by atoms with Gasteiger partial charge in [0.1, 0.15) is 3.70 Å².